The largest absolute Gasteiger partial charge is 0.493 e. The van der Waals surface area contributed by atoms with Crippen LogP contribution < -0.4 is 29.2 Å². The van der Waals surface area contributed by atoms with Gasteiger partial charge in [-0.3, -0.25) is 0 Å². The molecule has 3 rings (SSSR count). The first kappa shape index (κ1) is 29.6. The molecule has 8 nitrogen and oxygen atoms in total. The summed E-state index contributed by atoms with van der Waals surface area (Å²) in [5.41, 5.74) is 3.13. The number of rotatable bonds is 13. The molecule has 1 aliphatic rings. The number of para-hydroxylation sites is 1. The highest BCUT2D eigenvalue weighted by Gasteiger charge is 2.22. The Hall–Kier alpha value is -2.59. The van der Waals surface area contributed by atoms with E-state index in [1.54, 1.807) is 39.2 Å². The Morgan fingerprint density at radius 2 is 1.78 bits per heavy atom. The molecule has 2 aromatic carbocycles. The lowest BCUT2D eigenvalue weighted by Gasteiger charge is -2.16. The van der Waals surface area contributed by atoms with Gasteiger partial charge in [0.1, 0.15) is 6.61 Å². The van der Waals surface area contributed by atoms with Gasteiger partial charge in [-0.05, 0) is 55.3 Å². The molecular weight excluding hydrogens is 482 g/mol. The van der Waals surface area contributed by atoms with Gasteiger partial charge < -0.3 is 33.6 Å². The van der Waals surface area contributed by atoms with E-state index in [1.165, 1.54) is 0 Å². The van der Waals surface area contributed by atoms with Crippen LogP contribution in [0.25, 0.3) is 0 Å². The van der Waals surface area contributed by atoms with Gasteiger partial charge in [-0.1, -0.05) is 25.1 Å². The lowest BCUT2D eigenvalue weighted by Crippen LogP contribution is -2.06. The van der Waals surface area contributed by atoms with Crippen molar-refractivity contribution in [2.24, 2.45) is 0 Å². The second kappa shape index (κ2) is 17.0. The molecule has 2 aromatic rings. The van der Waals surface area contributed by atoms with Crippen molar-refractivity contribution in [3.63, 3.8) is 0 Å². The molecule has 0 radical (unpaired) electrons. The molecule has 0 aliphatic carbocycles. The van der Waals surface area contributed by atoms with Gasteiger partial charge in [-0.15, -0.1) is 11.8 Å². The summed E-state index contributed by atoms with van der Waals surface area (Å²) in [5.74, 6) is 3.54. The van der Waals surface area contributed by atoms with E-state index in [9.17, 15) is 0 Å². The van der Waals surface area contributed by atoms with E-state index in [-0.39, 0.29) is 6.10 Å². The van der Waals surface area contributed by atoms with Gasteiger partial charge in [0.25, 0.3) is 0 Å². The highest BCUT2D eigenvalue weighted by molar-refractivity contribution is 7.98. The van der Waals surface area contributed by atoms with E-state index in [4.69, 9.17) is 33.6 Å². The van der Waals surface area contributed by atoms with Crippen LogP contribution in [0.4, 0.5) is 0 Å². The Balaban J connectivity index is 0.000000255. The van der Waals surface area contributed by atoms with Crippen LogP contribution in [-0.4, -0.2) is 59.2 Å². The molecule has 1 unspecified atom stereocenters. The zero-order valence-electron chi connectivity index (χ0n) is 21.9. The second-order valence-corrected chi connectivity index (χ2v) is 8.59. The summed E-state index contributed by atoms with van der Waals surface area (Å²) >= 11 is 1.64. The summed E-state index contributed by atoms with van der Waals surface area (Å²) in [6.07, 6.45) is 8.90. The van der Waals surface area contributed by atoms with Crippen molar-refractivity contribution in [2.75, 3.05) is 54.0 Å². The van der Waals surface area contributed by atoms with Crippen LogP contribution in [0.3, 0.4) is 0 Å². The third-order valence-electron chi connectivity index (χ3n) is 5.31. The van der Waals surface area contributed by atoms with E-state index in [2.05, 4.69) is 12.4 Å². The molecule has 1 atom stereocenters. The first-order valence-corrected chi connectivity index (χ1v) is 13.2. The van der Waals surface area contributed by atoms with Crippen LogP contribution in [-0.2, 0) is 4.74 Å². The molecule has 1 saturated heterocycles. The third-order valence-corrected chi connectivity index (χ3v) is 6.07. The van der Waals surface area contributed by atoms with E-state index < -0.39 is 0 Å². The van der Waals surface area contributed by atoms with Crippen molar-refractivity contribution in [3.8, 4) is 28.7 Å². The first-order valence-electron chi connectivity index (χ1n) is 12.0. The molecule has 0 aromatic heterocycles. The van der Waals surface area contributed by atoms with Crippen molar-refractivity contribution in [1.82, 2.24) is 5.48 Å². The van der Waals surface area contributed by atoms with Gasteiger partial charge in [0, 0.05) is 13.2 Å². The fourth-order valence-corrected chi connectivity index (χ4v) is 4.15. The SMILES string of the molecule is CCCOc1c(OC/C=C/CNO)cccc1SC.COc1cc(C2CCCO2)cc(OC)c1OC. The molecule has 0 bridgehead atoms. The highest BCUT2D eigenvalue weighted by Crippen LogP contribution is 2.42. The third kappa shape index (κ3) is 8.81. The van der Waals surface area contributed by atoms with Gasteiger partial charge >= 0.3 is 0 Å². The van der Waals surface area contributed by atoms with E-state index >= 15 is 0 Å². The summed E-state index contributed by atoms with van der Waals surface area (Å²) in [7, 11) is 4.85. The molecule has 36 heavy (non-hydrogen) atoms. The zero-order chi connectivity index (χ0) is 26.2. The van der Waals surface area contributed by atoms with Crippen LogP contribution in [0, 0.1) is 0 Å². The standard InChI is InChI=1S/C14H21NO3S.C13H18O4/c1-3-10-18-14-12(7-6-8-13(14)19-2)17-11-5-4-9-15-16;1-14-11-7-9(10-5-4-6-17-10)8-12(15-2)13(11)16-3/h4-8,15-16H,3,9-11H2,1-2H3;7-8,10H,4-6H2,1-3H3/b5-4+;. The molecule has 1 aliphatic heterocycles. The van der Waals surface area contributed by atoms with E-state index in [0.29, 0.717) is 37.0 Å². The molecule has 1 fully saturated rings. The molecule has 9 heteroatoms. The minimum atomic E-state index is 0.142. The van der Waals surface area contributed by atoms with Crippen LogP contribution >= 0.6 is 11.8 Å². The molecular formula is C27H39NO7S. The van der Waals surface area contributed by atoms with Gasteiger partial charge in [-0.25, -0.2) is 5.48 Å². The van der Waals surface area contributed by atoms with Crippen molar-refractivity contribution in [2.45, 2.75) is 37.2 Å². The molecule has 1 heterocycles. The number of nitrogens with one attached hydrogen (secondary N) is 1. The number of ether oxygens (including phenoxy) is 6. The number of methoxy groups -OCH3 is 3. The quantitative estimate of drug-likeness (QED) is 0.196. The molecule has 200 valence electrons. The Morgan fingerprint density at radius 1 is 1.03 bits per heavy atom. The average Bonchev–Trinajstić information content (AvgIpc) is 3.46. The fraction of sp³-hybridized carbons (Fsp3) is 0.481. The number of thioether (sulfide) groups is 1. The van der Waals surface area contributed by atoms with Crippen LogP contribution in [0.15, 0.2) is 47.4 Å². The predicted octanol–water partition coefficient (Wildman–Crippen LogP) is 5.68. The van der Waals surface area contributed by atoms with E-state index in [1.807, 2.05) is 42.7 Å². The Kier molecular flexibility index (Phi) is 14.0. The van der Waals surface area contributed by atoms with Gasteiger partial charge in [0.05, 0.1) is 38.9 Å². The van der Waals surface area contributed by atoms with Crippen molar-refractivity contribution in [3.05, 3.63) is 48.0 Å². The topological polar surface area (TPSA) is 87.6 Å². The molecule has 0 saturated carbocycles. The number of hydroxylamine groups is 1. The Morgan fingerprint density at radius 3 is 2.33 bits per heavy atom. The van der Waals surface area contributed by atoms with Crippen molar-refractivity contribution >= 4 is 11.8 Å². The van der Waals surface area contributed by atoms with Crippen molar-refractivity contribution in [1.29, 1.82) is 0 Å². The Bertz CT molecular complexity index is 907. The summed E-state index contributed by atoms with van der Waals surface area (Å²) in [5, 5.41) is 8.43. The smallest absolute Gasteiger partial charge is 0.203 e. The molecule has 2 N–H and O–H groups in total. The summed E-state index contributed by atoms with van der Waals surface area (Å²) in [6.45, 7) is 4.43. The Labute approximate surface area is 218 Å². The number of hydrogen-bond donors (Lipinski definition) is 2. The van der Waals surface area contributed by atoms with E-state index in [0.717, 1.165) is 47.8 Å². The summed E-state index contributed by atoms with van der Waals surface area (Å²) in [6, 6.07) is 9.80. The summed E-state index contributed by atoms with van der Waals surface area (Å²) in [4.78, 5) is 1.08. The van der Waals surface area contributed by atoms with Gasteiger partial charge in [-0.2, -0.15) is 0 Å². The maximum Gasteiger partial charge on any atom is 0.203 e. The van der Waals surface area contributed by atoms with Crippen molar-refractivity contribution < 1.29 is 33.6 Å². The highest BCUT2D eigenvalue weighted by atomic mass is 32.2. The maximum absolute atomic E-state index is 8.43. The maximum atomic E-state index is 8.43. The lowest BCUT2D eigenvalue weighted by molar-refractivity contribution is 0.111. The number of benzene rings is 2. The van der Waals surface area contributed by atoms with Gasteiger partial charge in [0.15, 0.2) is 23.0 Å². The monoisotopic (exact) mass is 521 g/mol. The van der Waals surface area contributed by atoms with Crippen LogP contribution in [0.5, 0.6) is 28.7 Å². The normalized spacial score (nSPS) is 14.8. The van der Waals surface area contributed by atoms with Crippen LogP contribution in [0.2, 0.25) is 0 Å². The summed E-state index contributed by atoms with van der Waals surface area (Å²) < 4.78 is 33.0. The molecule has 0 amide bonds. The minimum Gasteiger partial charge on any atom is -0.493 e. The minimum absolute atomic E-state index is 0.142. The average molecular weight is 522 g/mol. The van der Waals surface area contributed by atoms with Gasteiger partial charge in [0.2, 0.25) is 5.75 Å². The zero-order valence-corrected chi connectivity index (χ0v) is 22.7. The first-order chi connectivity index (χ1) is 17.6. The fourth-order valence-electron chi connectivity index (χ4n) is 3.59. The number of hydrogen-bond acceptors (Lipinski definition) is 9. The predicted molar refractivity (Wildman–Crippen MR) is 142 cm³/mol. The lowest BCUT2D eigenvalue weighted by atomic mass is 10.1. The molecule has 0 spiro atoms. The second-order valence-electron chi connectivity index (χ2n) is 7.74. The van der Waals surface area contributed by atoms with Crippen LogP contribution in [0.1, 0.15) is 37.9 Å².